The van der Waals surface area contributed by atoms with Crippen LogP contribution in [-0.4, -0.2) is 11.3 Å². The van der Waals surface area contributed by atoms with Gasteiger partial charge in [0, 0.05) is 0 Å². The molecule has 0 bridgehead atoms. The molecular formula is C7H7NO2. The molecule has 0 saturated carbocycles. The first-order valence-corrected chi connectivity index (χ1v) is 2.83. The third-order valence-electron chi connectivity index (χ3n) is 1.15. The van der Waals surface area contributed by atoms with Crippen molar-refractivity contribution in [2.45, 2.75) is 0 Å². The molecule has 1 aromatic carbocycles. The highest BCUT2D eigenvalue weighted by Crippen LogP contribution is 2.11. The van der Waals surface area contributed by atoms with E-state index in [1.165, 1.54) is 12.3 Å². The minimum absolute atomic E-state index is 0.103. The van der Waals surface area contributed by atoms with Gasteiger partial charge in [-0.1, -0.05) is 12.1 Å². The lowest BCUT2D eigenvalue weighted by Crippen LogP contribution is -2.60. The first-order valence-electron chi connectivity index (χ1n) is 2.83. The number of phenolic OH excluding ortho intramolecular Hbond substituents is 1. The summed E-state index contributed by atoms with van der Waals surface area (Å²) in [4.78, 5) is 0. The molecule has 0 fully saturated rings. The number of rotatable bonds is 1. The minimum atomic E-state index is 0.103. The summed E-state index contributed by atoms with van der Waals surface area (Å²) in [5.41, 5.74) is 0.498. The number of nitrogens with one attached hydrogen (secondary N) is 1. The van der Waals surface area contributed by atoms with Crippen LogP contribution < -0.4 is 5.16 Å². The molecule has 0 amide bonds. The molecule has 0 heterocycles. The molecule has 2 N–H and O–H groups in total. The maximum absolute atomic E-state index is 9.83. The van der Waals surface area contributed by atoms with Crippen LogP contribution in [0.2, 0.25) is 0 Å². The van der Waals surface area contributed by atoms with Crippen LogP contribution in [0.15, 0.2) is 24.3 Å². The van der Waals surface area contributed by atoms with Gasteiger partial charge in [-0.2, -0.15) is 0 Å². The second kappa shape index (κ2) is 2.87. The van der Waals surface area contributed by atoms with Crippen LogP contribution in [0.5, 0.6) is 5.75 Å². The van der Waals surface area contributed by atoms with Crippen molar-refractivity contribution < 1.29 is 10.3 Å². The Balaban J connectivity index is 3.03. The van der Waals surface area contributed by atoms with Crippen LogP contribution in [0.1, 0.15) is 5.56 Å². The highest BCUT2D eigenvalue weighted by Gasteiger charge is 1.95. The summed E-state index contributed by atoms with van der Waals surface area (Å²) < 4.78 is 0. The third kappa shape index (κ3) is 1.25. The van der Waals surface area contributed by atoms with Gasteiger partial charge in [-0.15, -0.1) is 0 Å². The average molecular weight is 137 g/mol. The van der Waals surface area contributed by atoms with Crippen molar-refractivity contribution in [1.82, 2.24) is 0 Å². The number of hydrogen-bond donors (Lipinski definition) is 2. The summed E-state index contributed by atoms with van der Waals surface area (Å²) in [6, 6.07) is 6.59. The van der Waals surface area contributed by atoms with E-state index in [0.29, 0.717) is 5.56 Å². The van der Waals surface area contributed by atoms with Crippen molar-refractivity contribution >= 4 is 6.21 Å². The summed E-state index contributed by atoms with van der Waals surface area (Å²) in [6.45, 7) is 0. The zero-order chi connectivity index (χ0) is 7.40. The van der Waals surface area contributed by atoms with Gasteiger partial charge in [0.15, 0.2) is 6.21 Å². The number of hydrogen-bond acceptors (Lipinski definition) is 2. The zero-order valence-electron chi connectivity index (χ0n) is 5.24. The van der Waals surface area contributed by atoms with Crippen LogP contribution >= 0.6 is 0 Å². The van der Waals surface area contributed by atoms with Gasteiger partial charge in [-0.25, -0.2) is 5.16 Å². The molecule has 0 radical (unpaired) electrons. The molecule has 52 valence electrons. The smallest absolute Gasteiger partial charge is 0.183 e. The fourth-order valence-corrected chi connectivity index (χ4v) is 0.673. The van der Waals surface area contributed by atoms with Gasteiger partial charge in [0.1, 0.15) is 5.75 Å². The van der Waals surface area contributed by atoms with Crippen LogP contribution in [0.25, 0.3) is 0 Å². The largest absolute Gasteiger partial charge is 0.625 e. The fourth-order valence-electron chi connectivity index (χ4n) is 0.673. The van der Waals surface area contributed by atoms with Crippen molar-refractivity contribution in [1.29, 1.82) is 0 Å². The molecule has 0 unspecified atom stereocenters. The van der Waals surface area contributed by atoms with Crippen molar-refractivity contribution in [3.8, 4) is 5.75 Å². The van der Waals surface area contributed by atoms with Gasteiger partial charge in [-0.05, 0) is 12.1 Å². The lowest BCUT2D eigenvalue weighted by molar-refractivity contribution is -0.366. The molecule has 0 aliphatic carbocycles. The molecule has 1 aromatic rings. The van der Waals surface area contributed by atoms with Crippen LogP contribution in [0.3, 0.4) is 0 Å². The van der Waals surface area contributed by atoms with E-state index < -0.39 is 0 Å². The number of phenols is 1. The van der Waals surface area contributed by atoms with Crippen molar-refractivity contribution in [3.05, 3.63) is 35.0 Å². The van der Waals surface area contributed by atoms with Crippen molar-refractivity contribution in [2.24, 2.45) is 0 Å². The minimum Gasteiger partial charge on any atom is -0.625 e. The Morgan fingerprint density at radius 2 is 2.10 bits per heavy atom. The predicted molar refractivity (Wildman–Crippen MR) is 37.6 cm³/mol. The summed E-state index contributed by atoms with van der Waals surface area (Å²) in [5, 5.41) is 20.5. The summed E-state index contributed by atoms with van der Waals surface area (Å²) in [5.74, 6) is 0.103. The summed E-state index contributed by atoms with van der Waals surface area (Å²) in [7, 11) is 0. The molecule has 0 atom stereocenters. The Labute approximate surface area is 58.2 Å². The highest BCUT2D eigenvalue weighted by molar-refractivity contribution is 5.78. The zero-order valence-corrected chi connectivity index (χ0v) is 5.24. The monoisotopic (exact) mass is 137 g/mol. The fraction of sp³-hybridized carbons (Fsp3) is 0. The number of benzene rings is 1. The lowest BCUT2D eigenvalue weighted by Gasteiger charge is -1.92. The molecule has 1 rings (SSSR count). The van der Waals surface area contributed by atoms with Crippen molar-refractivity contribution in [2.75, 3.05) is 0 Å². The molecule has 0 saturated heterocycles. The second-order valence-electron chi connectivity index (χ2n) is 1.82. The van der Waals surface area contributed by atoms with E-state index in [2.05, 4.69) is 0 Å². The van der Waals surface area contributed by atoms with E-state index in [1.54, 1.807) is 23.4 Å². The van der Waals surface area contributed by atoms with Gasteiger partial charge >= 0.3 is 0 Å². The number of aromatic hydroxyl groups is 1. The van der Waals surface area contributed by atoms with E-state index in [0.717, 1.165) is 0 Å². The Kier molecular flexibility index (Phi) is 1.89. The molecular weight excluding hydrogens is 130 g/mol. The molecule has 0 aliphatic rings. The molecule has 0 spiro atoms. The van der Waals surface area contributed by atoms with Crippen LogP contribution in [0, 0.1) is 5.21 Å². The maximum Gasteiger partial charge on any atom is 0.183 e. The quantitative estimate of drug-likeness (QED) is 0.308. The van der Waals surface area contributed by atoms with E-state index in [-0.39, 0.29) is 5.75 Å². The predicted octanol–water partition coefficient (Wildman–Crippen LogP) is -0.611. The molecule has 0 aliphatic heterocycles. The number of para-hydroxylation sites is 1. The summed E-state index contributed by atoms with van der Waals surface area (Å²) in [6.07, 6.45) is 1.19. The van der Waals surface area contributed by atoms with E-state index in [9.17, 15) is 5.21 Å². The molecule has 3 nitrogen and oxygen atoms in total. The Morgan fingerprint density at radius 1 is 1.40 bits per heavy atom. The lowest BCUT2D eigenvalue weighted by atomic mass is 10.2. The Morgan fingerprint density at radius 3 is 2.70 bits per heavy atom. The standard InChI is InChI=1S/C7H7NO2/c9-7-4-2-1-3-6(7)5-8-10/h1-5,8H,(H-,9,10). The van der Waals surface area contributed by atoms with Gasteiger partial charge in [0.2, 0.25) is 0 Å². The average Bonchev–Trinajstić information content (AvgIpc) is 1.94. The maximum atomic E-state index is 9.83. The van der Waals surface area contributed by atoms with Gasteiger partial charge < -0.3 is 10.3 Å². The van der Waals surface area contributed by atoms with Gasteiger partial charge in [0.05, 0.1) is 5.56 Å². The first kappa shape index (κ1) is 6.61. The van der Waals surface area contributed by atoms with Gasteiger partial charge in [0.25, 0.3) is 0 Å². The molecule has 10 heavy (non-hydrogen) atoms. The molecule has 0 aromatic heterocycles. The van der Waals surface area contributed by atoms with Crippen molar-refractivity contribution in [3.63, 3.8) is 0 Å². The third-order valence-corrected chi connectivity index (χ3v) is 1.15. The topological polar surface area (TPSA) is 57.3 Å². The molecule has 3 heteroatoms. The summed E-state index contributed by atoms with van der Waals surface area (Å²) >= 11 is 0. The second-order valence-corrected chi connectivity index (χ2v) is 1.82. The van der Waals surface area contributed by atoms with E-state index in [1.807, 2.05) is 0 Å². The first-order chi connectivity index (χ1) is 4.84. The Bertz CT molecular complexity index is 245. The van der Waals surface area contributed by atoms with Gasteiger partial charge in [-0.3, -0.25) is 0 Å². The SMILES string of the molecule is [O-][NH+]=Cc1ccccc1O. The normalized spacial score (nSPS) is 10.4. The van der Waals surface area contributed by atoms with Crippen LogP contribution in [0.4, 0.5) is 0 Å². The Hall–Kier alpha value is -1.51. The van der Waals surface area contributed by atoms with E-state index in [4.69, 9.17) is 5.11 Å². The van der Waals surface area contributed by atoms with Crippen LogP contribution in [-0.2, 0) is 0 Å². The van der Waals surface area contributed by atoms with E-state index >= 15 is 0 Å². The highest BCUT2D eigenvalue weighted by atomic mass is 16.4.